The number of hydrogen-bond donors (Lipinski definition) is 1. The summed E-state index contributed by atoms with van der Waals surface area (Å²) in [5.41, 5.74) is 6.30. The van der Waals surface area contributed by atoms with Crippen LogP contribution in [0.4, 0.5) is 0 Å². The molecule has 1 aromatic rings. The fourth-order valence-electron chi connectivity index (χ4n) is 2.58. The highest BCUT2D eigenvalue weighted by atomic mass is 35.5. The third kappa shape index (κ3) is 4.26. The summed E-state index contributed by atoms with van der Waals surface area (Å²) in [5, 5.41) is 1.19. The first-order valence-electron chi connectivity index (χ1n) is 6.94. The Labute approximate surface area is 131 Å². The summed E-state index contributed by atoms with van der Waals surface area (Å²) in [6.45, 7) is 8.00. The molecule has 0 aliphatic carbocycles. The summed E-state index contributed by atoms with van der Waals surface area (Å²) in [4.78, 5) is 2.40. The van der Waals surface area contributed by atoms with Crippen molar-refractivity contribution >= 4 is 23.2 Å². The van der Waals surface area contributed by atoms with Crippen LogP contribution in [0.25, 0.3) is 0 Å². The van der Waals surface area contributed by atoms with Gasteiger partial charge in [0.2, 0.25) is 0 Å². The van der Waals surface area contributed by atoms with E-state index in [4.69, 9.17) is 33.7 Å². The number of nitrogens with two attached hydrogens (primary N) is 1. The largest absolute Gasteiger partial charge is 0.492 e. The fourth-order valence-corrected chi connectivity index (χ4v) is 3.09. The fraction of sp³-hybridized carbons (Fsp3) is 0.600. The molecule has 1 atom stereocenters. The topological polar surface area (TPSA) is 38.5 Å². The van der Waals surface area contributed by atoms with E-state index in [1.165, 1.54) is 0 Å². The molecule has 0 amide bonds. The van der Waals surface area contributed by atoms with E-state index in [0.29, 0.717) is 16.7 Å². The molecule has 1 aromatic carbocycles. The molecule has 1 heterocycles. The standard InChI is InChI=1S/C15H22Cl2N2O/c1-15(2)10-19(4-3-14(15)18)5-6-20-13-8-11(16)7-12(17)9-13/h7-9,14H,3-6,10,18H2,1-2H3. The number of halogens is 2. The van der Waals surface area contributed by atoms with Crippen LogP contribution in [0, 0.1) is 5.41 Å². The molecule has 2 rings (SSSR count). The van der Waals surface area contributed by atoms with Crippen molar-refractivity contribution < 1.29 is 4.74 Å². The van der Waals surface area contributed by atoms with Crippen LogP contribution in [-0.4, -0.2) is 37.2 Å². The van der Waals surface area contributed by atoms with Gasteiger partial charge in [0.15, 0.2) is 0 Å². The lowest BCUT2D eigenvalue weighted by atomic mass is 9.80. The predicted molar refractivity (Wildman–Crippen MR) is 84.8 cm³/mol. The minimum Gasteiger partial charge on any atom is -0.492 e. The van der Waals surface area contributed by atoms with Crippen molar-refractivity contribution in [3.8, 4) is 5.75 Å². The monoisotopic (exact) mass is 316 g/mol. The molecule has 5 heteroatoms. The Bertz CT molecular complexity index is 445. The summed E-state index contributed by atoms with van der Waals surface area (Å²) in [6.07, 6.45) is 1.04. The van der Waals surface area contributed by atoms with E-state index in [0.717, 1.165) is 31.8 Å². The number of nitrogens with zero attached hydrogens (tertiary/aromatic N) is 1. The molecule has 0 radical (unpaired) electrons. The van der Waals surface area contributed by atoms with Gasteiger partial charge in [0.25, 0.3) is 0 Å². The van der Waals surface area contributed by atoms with Gasteiger partial charge in [-0.15, -0.1) is 0 Å². The van der Waals surface area contributed by atoms with E-state index < -0.39 is 0 Å². The van der Waals surface area contributed by atoms with Gasteiger partial charge in [-0.1, -0.05) is 37.0 Å². The SMILES string of the molecule is CC1(C)CN(CCOc2cc(Cl)cc(Cl)c2)CCC1N. The van der Waals surface area contributed by atoms with Gasteiger partial charge in [0, 0.05) is 29.2 Å². The quantitative estimate of drug-likeness (QED) is 0.924. The van der Waals surface area contributed by atoms with Gasteiger partial charge in [-0.2, -0.15) is 0 Å². The average molecular weight is 317 g/mol. The molecule has 3 nitrogen and oxygen atoms in total. The zero-order valence-corrected chi connectivity index (χ0v) is 13.5. The maximum atomic E-state index is 6.14. The normalized spacial score (nSPS) is 22.8. The third-order valence-electron chi connectivity index (χ3n) is 3.90. The highest BCUT2D eigenvalue weighted by Gasteiger charge is 2.32. The lowest BCUT2D eigenvalue weighted by Crippen LogP contribution is -2.53. The van der Waals surface area contributed by atoms with Gasteiger partial charge in [0.05, 0.1) is 0 Å². The first-order valence-corrected chi connectivity index (χ1v) is 7.69. The average Bonchev–Trinajstić information content (AvgIpc) is 2.32. The molecule has 1 aliphatic rings. The molecule has 2 N–H and O–H groups in total. The van der Waals surface area contributed by atoms with Gasteiger partial charge in [-0.25, -0.2) is 0 Å². The molecule has 112 valence electrons. The summed E-state index contributed by atoms with van der Waals surface area (Å²) in [5.74, 6) is 0.718. The second-order valence-electron chi connectivity index (χ2n) is 6.11. The van der Waals surface area contributed by atoms with Crippen molar-refractivity contribution in [1.82, 2.24) is 4.90 Å². The van der Waals surface area contributed by atoms with Gasteiger partial charge in [-0.05, 0) is 36.6 Å². The van der Waals surface area contributed by atoms with Crippen molar-refractivity contribution in [3.63, 3.8) is 0 Å². The number of likely N-dealkylation sites (tertiary alicyclic amines) is 1. The minimum atomic E-state index is 0.164. The van der Waals surface area contributed by atoms with Gasteiger partial charge in [0.1, 0.15) is 12.4 Å². The second kappa shape index (κ2) is 6.52. The Morgan fingerprint density at radius 2 is 1.95 bits per heavy atom. The third-order valence-corrected chi connectivity index (χ3v) is 4.34. The zero-order valence-electron chi connectivity index (χ0n) is 12.0. The zero-order chi connectivity index (χ0) is 14.8. The lowest BCUT2D eigenvalue weighted by molar-refractivity contribution is 0.0831. The van der Waals surface area contributed by atoms with Crippen molar-refractivity contribution in [1.29, 1.82) is 0 Å². The van der Waals surface area contributed by atoms with Crippen molar-refractivity contribution in [2.75, 3.05) is 26.2 Å². The number of rotatable bonds is 4. The first-order chi connectivity index (χ1) is 9.37. The Morgan fingerprint density at radius 3 is 2.55 bits per heavy atom. The van der Waals surface area contributed by atoms with Crippen LogP contribution in [0.15, 0.2) is 18.2 Å². The molecule has 1 aliphatic heterocycles. The van der Waals surface area contributed by atoms with E-state index in [-0.39, 0.29) is 11.5 Å². The Morgan fingerprint density at radius 1 is 1.30 bits per heavy atom. The van der Waals surface area contributed by atoms with Gasteiger partial charge < -0.3 is 10.5 Å². The van der Waals surface area contributed by atoms with E-state index in [1.807, 2.05) is 0 Å². The summed E-state index contributed by atoms with van der Waals surface area (Å²) >= 11 is 11.9. The molecule has 1 saturated heterocycles. The maximum Gasteiger partial charge on any atom is 0.122 e. The van der Waals surface area contributed by atoms with E-state index >= 15 is 0 Å². The predicted octanol–water partition coefficient (Wildman–Crippen LogP) is 3.43. The lowest BCUT2D eigenvalue weighted by Gasteiger charge is -2.42. The summed E-state index contributed by atoms with van der Waals surface area (Å²) < 4.78 is 5.72. The number of benzene rings is 1. The van der Waals surface area contributed by atoms with Gasteiger partial charge in [-0.3, -0.25) is 4.90 Å². The molecule has 1 fully saturated rings. The van der Waals surface area contributed by atoms with Crippen LogP contribution in [0.3, 0.4) is 0 Å². The van der Waals surface area contributed by atoms with Crippen LogP contribution >= 0.6 is 23.2 Å². The van der Waals surface area contributed by atoms with Crippen LogP contribution < -0.4 is 10.5 Å². The van der Waals surface area contributed by atoms with E-state index in [1.54, 1.807) is 18.2 Å². The molecule has 20 heavy (non-hydrogen) atoms. The summed E-state index contributed by atoms with van der Waals surface area (Å²) in [6, 6.07) is 5.55. The highest BCUT2D eigenvalue weighted by molar-refractivity contribution is 6.34. The van der Waals surface area contributed by atoms with Crippen LogP contribution in [0.1, 0.15) is 20.3 Å². The van der Waals surface area contributed by atoms with Crippen LogP contribution in [0.5, 0.6) is 5.75 Å². The molecule has 0 bridgehead atoms. The molecule has 0 spiro atoms. The molecule has 0 aromatic heterocycles. The van der Waals surface area contributed by atoms with Gasteiger partial charge >= 0.3 is 0 Å². The summed E-state index contributed by atoms with van der Waals surface area (Å²) in [7, 11) is 0. The van der Waals surface area contributed by atoms with Crippen molar-refractivity contribution in [2.45, 2.75) is 26.3 Å². The van der Waals surface area contributed by atoms with Crippen molar-refractivity contribution in [2.24, 2.45) is 11.1 Å². The highest BCUT2D eigenvalue weighted by Crippen LogP contribution is 2.28. The maximum absolute atomic E-state index is 6.14. The van der Waals surface area contributed by atoms with Crippen LogP contribution in [0.2, 0.25) is 10.0 Å². The van der Waals surface area contributed by atoms with E-state index in [9.17, 15) is 0 Å². The Hall–Kier alpha value is -0.480. The molecular weight excluding hydrogens is 295 g/mol. The molecule has 0 saturated carbocycles. The Kier molecular flexibility index (Phi) is 5.19. The van der Waals surface area contributed by atoms with E-state index in [2.05, 4.69) is 18.7 Å². The second-order valence-corrected chi connectivity index (χ2v) is 6.99. The first kappa shape index (κ1) is 15.9. The number of hydrogen-bond acceptors (Lipinski definition) is 3. The Balaban J connectivity index is 1.81. The van der Waals surface area contributed by atoms with Crippen LogP contribution in [-0.2, 0) is 0 Å². The molecule has 1 unspecified atom stereocenters. The smallest absolute Gasteiger partial charge is 0.122 e. The number of ether oxygens (including phenoxy) is 1. The molecular formula is C15H22Cl2N2O. The number of piperidine rings is 1. The van der Waals surface area contributed by atoms with Crippen molar-refractivity contribution in [3.05, 3.63) is 28.2 Å². The minimum absolute atomic E-state index is 0.164.